The van der Waals surface area contributed by atoms with Crippen molar-refractivity contribution in [2.45, 2.75) is 64.5 Å². The van der Waals surface area contributed by atoms with Crippen molar-refractivity contribution in [3.05, 3.63) is 51.5 Å². The lowest BCUT2D eigenvalue weighted by molar-refractivity contribution is -0.152. The molecule has 3 rings (SSSR count). The van der Waals surface area contributed by atoms with E-state index in [9.17, 15) is 19.5 Å². The summed E-state index contributed by atoms with van der Waals surface area (Å²) in [4.78, 5) is 43.6. The SMILES string of the molecule is CCCCCc1nc(-c2ccc(Cl)cc2)cc(=O)n1CC(=O)N1CCCCC1C(=O)O. The van der Waals surface area contributed by atoms with Gasteiger partial charge in [0.2, 0.25) is 5.91 Å². The number of benzene rings is 1. The summed E-state index contributed by atoms with van der Waals surface area (Å²) >= 11 is 5.97. The Labute approximate surface area is 186 Å². The number of aliphatic carboxylic acids is 1. The van der Waals surface area contributed by atoms with Crippen molar-refractivity contribution in [2.75, 3.05) is 6.54 Å². The summed E-state index contributed by atoms with van der Waals surface area (Å²) in [7, 11) is 0. The van der Waals surface area contributed by atoms with Crippen LogP contribution in [0, 0.1) is 0 Å². The van der Waals surface area contributed by atoms with Gasteiger partial charge >= 0.3 is 5.97 Å². The van der Waals surface area contributed by atoms with Crippen molar-refractivity contribution >= 4 is 23.5 Å². The molecule has 2 heterocycles. The van der Waals surface area contributed by atoms with Gasteiger partial charge in [-0.3, -0.25) is 14.2 Å². The van der Waals surface area contributed by atoms with Crippen LogP contribution < -0.4 is 5.56 Å². The van der Waals surface area contributed by atoms with Crippen LogP contribution in [-0.2, 0) is 22.6 Å². The highest BCUT2D eigenvalue weighted by atomic mass is 35.5. The van der Waals surface area contributed by atoms with E-state index in [1.807, 2.05) is 0 Å². The average molecular weight is 446 g/mol. The van der Waals surface area contributed by atoms with Gasteiger partial charge in [0.25, 0.3) is 5.56 Å². The number of carbonyl (C=O) groups excluding carboxylic acids is 1. The maximum Gasteiger partial charge on any atom is 0.326 e. The van der Waals surface area contributed by atoms with E-state index in [0.29, 0.717) is 35.9 Å². The van der Waals surface area contributed by atoms with Crippen LogP contribution in [-0.4, -0.2) is 44.0 Å². The van der Waals surface area contributed by atoms with Crippen LogP contribution in [0.2, 0.25) is 5.02 Å². The molecule has 1 N–H and O–H groups in total. The molecule has 0 saturated carbocycles. The molecule has 1 unspecified atom stereocenters. The molecule has 166 valence electrons. The Hall–Kier alpha value is -2.67. The number of amides is 1. The van der Waals surface area contributed by atoms with Gasteiger partial charge in [-0.05, 0) is 37.8 Å². The number of carboxylic acid groups (broad SMARTS) is 1. The van der Waals surface area contributed by atoms with E-state index in [1.54, 1.807) is 24.3 Å². The van der Waals surface area contributed by atoms with E-state index in [0.717, 1.165) is 37.7 Å². The molecule has 1 saturated heterocycles. The molecule has 1 aromatic carbocycles. The fourth-order valence-electron chi connectivity index (χ4n) is 3.93. The van der Waals surface area contributed by atoms with Crippen LogP contribution >= 0.6 is 11.6 Å². The number of hydrogen-bond donors (Lipinski definition) is 1. The second-order valence-electron chi connectivity index (χ2n) is 7.88. The molecule has 1 aliphatic rings. The number of unbranched alkanes of at least 4 members (excludes halogenated alkanes) is 2. The van der Waals surface area contributed by atoms with Crippen LogP contribution in [0.15, 0.2) is 35.1 Å². The van der Waals surface area contributed by atoms with Gasteiger partial charge in [-0.25, -0.2) is 9.78 Å². The van der Waals surface area contributed by atoms with Gasteiger partial charge < -0.3 is 10.0 Å². The smallest absolute Gasteiger partial charge is 0.326 e. The van der Waals surface area contributed by atoms with E-state index in [1.165, 1.54) is 15.5 Å². The number of piperidine rings is 1. The van der Waals surface area contributed by atoms with Crippen molar-refractivity contribution < 1.29 is 14.7 Å². The number of likely N-dealkylation sites (tertiary alicyclic amines) is 1. The number of aromatic nitrogens is 2. The number of carboxylic acids is 1. The molecule has 1 atom stereocenters. The largest absolute Gasteiger partial charge is 0.480 e. The predicted molar refractivity (Wildman–Crippen MR) is 119 cm³/mol. The first-order chi connectivity index (χ1) is 14.9. The average Bonchev–Trinajstić information content (AvgIpc) is 2.76. The standard InChI is InChI=1S/C23H28ClN3O4/c1-2-3-4-8-20-25-18(16-9-11-17(24)12-10-16)14-21(28)27(20)15-22(29)26-13-6-5-7-19(26)23(30)31/h9-12,14,19H,2-8,13,15H2,1H3,(H,30,31). The van der Waals surface area contributed by atoms with Crippen LogP contribution in [0.3, 0.4) is 0 Å². The molecule has 1 aliphatic heterocycles. The van der Waals surface area contributed by atoms with Gasteiger partial charge in [0.1, 0.15) is 18.4 Å². The Balaban J connectivity index is 1.92. The van der Waals surface area contributed by atoms with Crippen LogP contribution in [0.4, 0.5) is 0 Å². The van der Waals surface area contributed by atoms with Crippen LogP contribution in [0.25, 0.3) is 11.3 Å². The van der Waals surface area contributed by atoms with Crippen molar-refractivity contribution in [3.8, 4) is 11.3 Å². The molecule has 8 heteroatoms. The Morgan fingerprint density at radius 3 is 2.61 bits per heavy atom. The number of rotatable bonds is 8. The minimum absolute atomic E-state index is 0.196. The van der Waals surface area contributed by atoms with Gasteiger partial charge in [-0.2, -0.15) is 0 Å². The Kier molecular flexibility index (Phi) is 7.85. The minimum Gasteiger partial charge on any atom is -0.480 e. The van der Waals surface area contributed by atoms with Crippen molar-refractivity contribution in [3.63, 3.8) is 0 Å². The van der Waals surface area contributed by atoms with Gasteiger partial charge in [-0.1, -0.05) is 43.5 Å². The topological polar surface area (TPSA) is 92.5 Å². The normalized spacial score (nSPS) is 16.3. The maximum atomic E-state index is 13.0. The number of carbonyl (C=O) groups is 2. The maximum absolute atomic E-state index is 13.0. The first-order valence-electron chi connectivity index (χ1n) is 10.8. The monoisotopic (exact) mass is 445 g/mol. The quantitative estimate of drug-likeness (QED) is 0.624. The Bertz CT molecular complexity index is 987. The van der Waals surface area contributed by atoms with E-state index in [4.69, 9.17) is 16.6 Å². The number of nitrogens with zero attached hydrogens (tertiary/aromatic N) is 3. The molecule has 7 nitrogen and oxygen atoms in total. The van der Waals surface area contributed by atoms with Crippen molar-refractivity contribution in [1.82, 2.24) is 14.5 Å². The van der Waals surface area contributed by atoms with Gasteiger partial charge in [-0.15, -0.1) is 0 Å². The van der Waals surface area contributed by atoms with Crippen molar-refractivity contribution in [1.29, 1.82) is 0 Å². The summed E-state index contributed by atoms with van der Waals surface area (Å²) in [6.45, 7) is 2.29. The third-order valence-electron chi connectivity index (χ3n) is 5.63. The molecule has 2 aromatic rings. The summed E-state index contributed by atoms with van der Waals surface area (Å²) in [6.07, 6.45) is 5.41. The molecular weight excluding hydrogens is 418 g/mol. The molecular formula is C23H28ClN3O4. The summed E-state index contributed by atoms with van der Waals surface area (Å²) in [6, 6.07) is 7.69. The Morgan fingerprint density at radius 2 is 1.94 bits per heavy atom. The second kappa shape index (κ2) is 10.6. The number of hydrogen-bond acceptors (Lipinski definition) is 4. The Morgan fingerprint density at radius 1 is 1.19 bits per heavy atom. The van der Waals surface area contributed by atoms with E-state index in [-0.39, 0.29) is 18.0 Å². The fraction of sp³-hybridized carbons (Fsp3) is 0.478. The zero-order valence-electron chi connectivity index (χ0n) is 17.7. The van der Waals surface area contributed by atoms with Crippen LogP contribution in [0.1, 0.15) is 51.3 Å². The molecule has 1 amide bonds. The molecule has 31 heavy (non-hydrogen) atoms. The summed E-state index contributed by atoms with van der Waals surface area (Å²) in [5.41, 5.74) is 1.00. The molecule has 0 bridgehead atoms. The van der Waals surface area contributed by atoms with E-state index < -0.39 is 12.0 Å². The fourth-order valence-corrected chi connectivity index (χ4v) is 4.05. The summed E-state index contributed by atoms with van der Waals surface area (Å²) < 4.78 is 1.39. The van der Waals surface area contributed by atoms with Gasteiger partial charge in [0, 0.05) is 29.6 Å². The highest BCUT2D eigenvalue weighted by Crippen LogP contribution is 2.21. The number of aryl methyl sites for hydroxylation is 1. The molecule has 1 aromatic heterocycles. The lowest BCUT2D eigenvalue weighted by atomic mass is 10.0. The third kappa shape index (κ3) is 5.73. The molecule has 0 spiro atoms. The first-order valence-corrected chi connectivity index (χ1v) is 11.2. The van der Waals surface area contributed by atoms with Gasteiger partial charge in [0.05, 0.1) is 5.69 Å². The van der Waals surface area contributed by atoms with Gasteiger partial charge in [0.15, 0.2) is 0 Å². The minimum atomic E-state index is -1.00. The van der Waals surface area contributed by atoms with Crippen molar-refractivity contribution in [2.24, 2.45) is 0 Å². The summed E-state index contributed by atoms with van der Waals surface area (Å²) in [5, 5.41) is 10.1. The molecule has 0 radical (unpaired) electrons. The highest BCUT2D eigenvalue weighted by Gasteiger charge is 2.32. The zero-order chi connectivity index (χ0) is 22.4. The third-order valence-corrected chi connectivity index (χ3v) is 5.88. The number of halogens is 1. The summed E-state index contributed by atoms with van der Waals surface area (Å²) in [5.74, 6) is -0.810. The van der Waals surface area contributed by atoms with E-state index in [2.05, 4.69) is 6.92 Å². The first kappa shape index (κ1) is 23.0. The predicted octanol–water partition coefficient (Wildman–Crippen LogP) is 3.76. The zero-order valence-corrected chi connectivity index (χ0v) is 18.5. The van der Waals surface area contributed by atoms with E-state index >= 15 is 0 Å². The lowest BCUT2D eigenvalue weighted by Gasteiger charge is -2.33. The lowest BCUT2D eigenvalue weighted by Crippen LogP contribution is -2.49. The molecule has 1 fully saturated rings. The second-order valence-corrected chi connectivity index (χ2v) is 8.32. The van der Waals surface area contributed by atoms with Crippen LogP contribution in [0.5, 0.6) is 0 Å². The highest BCUT2D eigenvalue weighted by molar-refractivity contribution is 6.30. The molecule has 0 aliphatic carbocycles.